The van der Waals surface area contributed by atoms with Crippen LogP contribution in [0.2, 0.25) is 0 Å². The number of morpholine rings is 1. The van der Waals surface area contributed by atoms with E-state index < -0.39 is 0 Å². The lowest BCUT2D eigenvalue weighted by Gasteiger charge is -2.39. The van der Waals surface area contributed by atoms with Crippen LogP contribution in [0.15, 0.2) is 10.7 Å². The van der Waals surface area contributed by atoms with Crippen molar-refractivity contribution in [2.24, 2.45) is 5.92 Å². The van der Waals surface area contributed by atoms with Crippen LogP contribution in [0.1, 0.15) is 30.6 Å². The largest absolute Gasteiger partial charge is 0.393 e. The third-order valence-corrected chi connectivity index (χ3v) is 4.53. The van der Waals surface area contributed by atoms with E-state index in [0.29, 0.717) is 12.0 Å². The molecule has 1 N–H and O–H groups in total. The fourth-order valence-electron chi connectivity index (χ4n) is 3.36. The molecule has 3 atom stereocenters. The van der Waals surface area contributed by atoms with E-state index in [0.717, 1.165) is 56.9 Å². The average molecular weight is 266 g/mol. The number of aryl methyl sites for hydroxylation is 1. The third-order valence-electron chi connectivity index (χ3n) is 4.53. The minimum Gasteiger partial charge on any atom is -0.393 e. The van der Waals surface area contributed by atoms with Crippen LogP contribution in [0.25, 0.3) is 0 Å². The number of hydrogen-bond acceptors (Lipinski definition) is 5. The van der Waals surface area contributed by atoms with Gasteiger partial charge in [0.15, 0.2) is 0 Å². The number of aromatic nitrogens is 1. The van der Waals surface area contributed by atoms with Crippen molar-refractivity contribution in [3.63, 3.8) is 0 Å². The van der Waals surface area contributed by atoms with Gasteiger partial charge >= 0.3 is 0 Å². The molecule has 19 heavy (non-hydrogen) atoms. The summed E-state index contributed by atoms with van der Waals surface area (Å²) in [5.74, 6) is 1.23. The molecular weight excluding hydrogens is 244 g/mol. The van der Waals surface area contributed by atoms with Crippen molar-refractivity contribution in [2.45, 2.75) is 44.9 Å². The summed E-state index contributed by atoms with van der Waals surface area (Å²) in [5, 5.41) is 14.0. The molecule has 2 aliphatic rings. The standard InChI is InChI=1S/C14H22N2O3/c1-10-11(7-15-19-10)8-16-5-6-18-9-13(16)12-3-2-4-14(12)17/h7,12-14,17H,2-6,8-9H2,1H3/t12-,13-,14+/m1/s1. The molecule has 1 aromatic rings. The molecule has 1 aromatic heterocycles. The smallest absolute Gasteiger partial charge is 0.138 e. The van der Waals surface area contributed by atoms with E-state index in [4.69, 9.17) is 9.26 Å². The Morgan fingerprint density at radius 2 is 2.37 bits per heavy atom. The first kappa shape index (κ1) is 13.1. The average Bonchev–Trinajstić information content (AvgIpc) is 3.00. The summed E-state index contributed by atoms with van der Waals surface area (Å²) in [6.45, 7) is 5.20. The van der Waals surface area contributed by atoms with Crippen molar-refractivity contribution in [3.05, 3.63) is 17.5 Å². The van der Waals surface area contributed by atoms with Gasteiger partial charge in [-0.3, -0.25) is 4.90 Å². The van der Waals surface area contributed by atoms with Crippen LogP contribution >= 0.6 is 0 Å². The number of aliphatic hydroxyl groups is 1. The fraction of sp³-hybridized carbons (Fsp3) is 0.786. The second-order valence-corrected chi connectivity index (χ2v) is 5.68. The molecule has 1 aliphatic carbocycles. The Hall–Kier alpha value is -0.910. The first-order chi connectivity index (χ1) is 9.25. The second-order valence-electron chi connectivity index (χ2n) is 5.68. The van der Waals surface area contributed by atoms with Gasteiger partial charge in [-0.05, 0) is 19.8 Å². The predicted molar refractivity (Wildman–Crippen MR) is 69.6 cm³/mol. The fourth-order valence-corrected chi connectivity index (χ4v) is 3.36. The lowest BCUT2D eigenvalue weighted by atomic mass is 9.94. The molecule has 5 heteroatoms. The summed E-state index contributed by atoms with van der Waals surface area (Å²) in [6, 6.07) is 0.320. The zero-order valence-electron chi connectivity index (χ0n) is 11.4. The van der Waals surface area contributed by atoms with Crippen LogP contribution in [0.3, 0.4) is 0 Å². The van der Waals surface area contributed by atoms with Gasteiger partial charge in [-0.2, -0.15) is 0 Å². The van der Waals surface area contributed by atoms with Crippen molar-refractivity contribution in [1.82, 2.24) is 10.1 Å². The zero-order chi connectivity index (χ0) is 13.2. The van der Waals surface area contributed by atoms with E-state index in [2.05, 4.69) is 10.1 Å². The molecule has 0 amide bonds. The number of aliphatic hydroxyl groups excluding tert-OH is 1. The molecule has 1 saturated heterocycles. The van der Waals surface area contributed by atoms with E-state index in [1.807, 2.05) is 6.92 Å². The molecule has 0 unspecified atom stereocenters. The monoisotopic (exact) mass is 266 g/mol. The van der Waals surface area contributed by atoms with Crippen LogP contribution in [0, 0.1) is 12.8 Å². The molecule has 1 saturated carbocycles. The summed E-state index contributed by atoms with van der Waals surface area (Å²) >= 11 is 0. The molecule has 0 spiro atoms. The van der Waals surface area contributed by atoms with E-state index in [-0.39, 0.29) is 6.10 Å². The Bertz CT molecular complexity index is 421. The normalized spacial score (nSPS) is 32.8. The number of rotatable bonds is 3. The van der Waals surface area contributed by atoms with Gasteiger partial charge in [0.25, 0.3) is 0 Å². The molecule has 5 nitrogen and oxygen atoms in total. The van der Waals surface area contributed by atoms with Gasteiger partial charge in [-0.25, -0.2) is 0 Å². The van der Waals surface area contributed by atoms with Crippen LogP contribution < -0.4 is 0 Å². The molecule has 0 radical (unpaired) electrons. The molecule has 0 aromatic carbocycles. The lowest BCUT2D eigenvalue weighted by Crippen LogP contribution is -2.50. The van der Waals surface area contributed by atoms with Gasteiger partial charge < -0.3 is 14.4 Å². The summed E-state index contributed by atoms with van der Waals surface area (Å²) in [6.07, 6.45) is 4.79. The SMILES string of the molecule is Cc1oncc1CN1CCOC[C@@H]1[C@H]1CCC[C@@H]1O. The first-order valence-electron chi connectivity index (χ1n) is 7.15. The van der Waals surface area contributed by atoms with Gasteiger partial charge in [0.2, 0.25) is 0 Å². The maximum atomic E-state index is 10.1. The number of ether oxygens (including phenoxy) is 1. The van der Waals surface area contributed by atoms with Crippen LogP contribution in [0.5, 0.6) is 0 Å². The zero-order valence-corrected chi connectivity index (χ0v) is 11.4. The van der Waals surface area contributed by atoms with Crippen LogP contribution in [-0.2, 0) is 11.3 Å². The summed E-state index contributed by atoms with van der Waals surface area (Å²) in [7, 11) is 0. The van der Waals surface area contributed by atoms with Gasteiger partial charge in [0.05, 0.1) is 25.5 Å². The van der Waals surface area contributed by atoms with E-state index >= 15 is 0 Å². The van der Waals surface area contributed by atoms with E-state index in [9.17, 15) is 5.11 Å². The molecule has 1 aliphatic heterocycles. The Morgan fingerprint density at radius 1 is 1.47 bits per heavy atom. The van der Waals surface area contributed by atoms with Crippen LogP contribution in [0.4, 0.5) is 0 Å². The summed E-state index contributed by atoms with van der Waals surface area (Å²) in [5.41, 5.74) is 1.14. The number of hydrogen-bond donors (Lipinski definition) is 1. The van der Waals surface area contributed by atoms with Crippen molar-refractivity contribution in [3.8, 4) is 0 Å². The van der Waals surface area contributed by atoms with Crippen molar-refractivity contribution >= 4 is 0 Å². The quantitative estimate of drug-likeness (QED) is 0.894. The minimum absolute atomic E-state index is 0.169. The highest BCUT2D eigenvalue weighted by Gasteiger charge is 2.37. The highest BCUT2D eigenvalue weighted by Crippen LogP contribution is 2.32. The predicted octanol–water partition coefficient (Wildman–Crippen LogP) is 1.34. The molecule has 3 rings (SSSR count). The Labute approximate surface area is 113 Å². The molecule has 106 valence electrons. The van der Waals surface area contributed by atoms with E-state index in [1.54, 1.807) is 6.20 Å². The number of nitrogens with zero attached hydrogens (tertiary/aromatic N) is 2. The van der Waals surface area contributed by atoms with Gasteiger partial charge in [-0.1, -0.05) is 11.6 Å². The van der Waals surface area contributed by atoms with Crippen molar-refractivity contribution in [1.29, 1.82) is 0 Å². The summed E-state index contributed by atoms with van der Waals surface area (Å²) < 4.78 is 10.8. The highest BCUT2D eigenvalue weighted by molar-refractivity contribution is 5.11. The van der Waals surface area contributed by atoms with Crippen LogP contribution in [-0.4, -0.2) is 47.1 Å². The maximum Gasteiger partial charge on any atom is 0.138 e. The van der Waals surface area contributed by atoms with Gasteiger partial charge in [0.1, 0.15) is 5.76 Å². The molecular formula is C14H22N2O3. The molecule has 2 heterocycles. The highest BCUT2D eigenvalue weighted by atomic mass is 16.5. The first-order valence-corrected chi connectivity index (χ1v) is 7.15. The van der Waals surface area contributed by atoms with Gasteiger partial charge in [-0.15, -0.1) is 0 Å². The van der Waals surface area contributed by atoms with Crippen molar-refractivity contribution in [2.75, 3.05) is 19.8 Å². The topological polar surface area (TPSA) is 58.7 Å². The van der Waals surface area contributed by atoms with Crippen molar-refractivity contribution < 1.29 is 14.4 Å². The van der Waals surface area contributed by atoms with E-state index in [1.165, 1.54) is 0 Å². The third kappa shape index (κ3) is 2.68. The maximum absolute atomic E-state index is 10.1. The Balaban J connectivity index is 1.72. The Morgan fingerprint density at radius 3 is 3.05 bits per heavy atom. The molecule has 0 bridgehead atoms. The molecule has 2 fully saturated rings. The Kier molecular flexibility index (Phi) is 3.86. The second kappa shape index (κ2) is 5.61. The van der Waals surface area contributed by atoms with Gasteiger partial charge in [0, 0.05) is 30.6 Å². The minimum atomic E-state index is -0.169. The summed E-state index contributed by atoms with van der Waals surface area (Å²) in [4.78, 5) is 2.42. The lowest BCUT2D eigenvalue weighted by molar-refractivity contribution is -0.0537.